The third kappa shape index (κ3) is 1.11. The van der Waals surface area contributed by atoms with E-state index in [1.807, 2.05) is 6.07 Å². The number of nitrogens with one attached hydrogen (secondary N) is 1. The van der Waals surface area contributed by atoms with Crippen molar-refractivity contribution in [3.8, 4) is 0 Å². The molecule has 1 aliphatic carbocycles. The van der Waals surface area contributed by atoms with Crippen LogP contribution in [0.4, 0.5) is 0 Å². The molecule has 3 rings (SSSR count). The predicted octanol–water partition coefficient (Wildman–Crippen LogP) is 1.20. The zero-order valence-electron chi connectivity index (χ0n) is 7.53. The second-order valence-corrected chi connectivity index (χ2v) is 3.63. The fourth-order valence-corrected chi connectivity index (χ4v) is 1.58. The molecule has 2 heterocycles. The largest absolute Gasteiger partial charge is 0.313 e. The fourth-order valence-electron chi connectivity index (χ4n) is 1.58. The molecule has 4 heteroatoms. The Kier molecular flexibility index (Phi) is 1.45. The van der Waals surface area contributed by atoms with Crippen LogP contribution in [-0.2, 0) is 0 Å². The average molecular weight is 187 g/mol. The SMILES string of the molecule is O=c1[nH]cnc2cc(C3CC3)ncc12. The molecule has 0 atom stereocenters. The Bertz CT molecular complexity index is 542. The maximum absolute atomic E-state index is 11.3. The van der Waals surface area contributed by atoms with Crippen LogP contribution in [0.1, 0.15) is 24.5 Å². The molecule has 0 bridgehead atoms. The number of aromatic nitrogens is 3. The normalized spacial score (nSPS) is 16.0. The molecule has 2 aromatic rings. The van der Waals surface area contributed by atoms with Crippen LogP contribution in [0.5, 0.6) is 0 Å². The van der Waals surface area contributed by atoms with Crippen LogP contribution in [0.3, 0.4) is 0 Å². The highest BCUT2D eigenvalue weighted by Crippen LogP contribution is 2.39. The molecule has 0 radical (unpaired) electrons. The molecule has 70 valence electrons. The Morgan fingerprint density at radius 1 is 1.36 bits per heavy atom. The van der Waals surface area contributed by atoms with Crippen LogP contribution in [0.25, 0.3) is 10.9 Å². The molecule has 1 aliphatic rings. The van der Waals surface area contributed by atoms with Crippen molar-refractivity contribution in [2.45, 2.75) is 18.8 Å². The Morgan fingerprint density at radius 2 is 2.21 bits per heavy atom. The third-order valence-corrected chi connectivity index (χ3v) is 2.54. The highest BCUT2D eigenvalue weighted by Gasteiger charge is 2.25. The molecule has 4 nitrogen and oxygen atoms in total. The molecule has 0 saturated heterocycles. The first-order chi connectivity index (χ1) is 6.84. The predicted molar refractivity (Wildman–Crippen MR) is 52.1 cm³/mol. The maximum Gasteiger partial charge on any atom is 0.260 e. The highest BCUT2D eigenvalue weighted by molar-refractivity contribution is 5.76. The summed E-state index contributed by atoms with van der Waals surface area (Å²) in [5.74, 6) is 0.598. The topological polar surface area (TPSA) is 58.6 Å². The van der Waals surface area contributed by atoms with Crippen molar-refractivity contribution in [2.75, 3.05) is 0 Å². The van der Waals surface area contributed by atoms with Gasteiger partial charge in [-0.2, -0.15) is 0 Å². The smallest absolute Gasteiger partial charge is 0.260 e. The number of fused-ring (bicyclic) bond motifs is 1. The third-order valence-electron chi connectivity index (χ3n) is 2.54. The van der Waals surface area contributed by atoms with Gasteiger partial charge in [0.25, 0.3) is 5.56 Å². The molecular weight excluding hydrogens is 178 g/mol. The van der Waals surface area contributed by atoms with Crippen molar-refractivity contribution < 1.29 is 0 Å². The van der Waals surface area contributed by atoms with E-state index in [1.165, 1.54) is 19.2 Å². The molecule has 1 N–H and O–H groups in total. The van der Waals surface area contributed by atoms with Gasteiger partial charge in [-0.05, 0) is 18.9 Å². The van der Waals surface area contributed by atoms with E-state index in [4.69, 9.17) is 0 Å². The highest BCUT2D eigenvalue weighted by atomic mass is 16.1. The summed E-state index contributed by atoms with van der Waals surface area (Å²) >= 11 is 0. The van der Waals surface area contributed by atoms with E-state index < -0.39 is 0 Å². The minimum atomic E-state index is -0.121. The molecule has 0 aromatic carbocycles. The zero-order valence-corrected chi connectivity index (χ0v) is 7.53. The van der Waals surface area contributed by atoms with Gasteiger partial charge in [0.05, 0.1) is 17.2 Å². The van der Waals surface area contributed by atoms with Crippen LogP contribution in [0.2, 0.25) is 0 Å². The van der Waals surface area contributed by atoms with Crippen LogP contribution >= 0.6 is 0 Å². The summed E-state index contributed by atoms with van der Waals surface area (Å²) in [6.45, 7) is 0. The summed E-state index contributed by atoms with van der Waals surface area (Å²) in [6.07, 6.45) is 5.47. The first-order valence-electron chi connectivity index (χ1n) is 4.68. The first kappa shape index (κ1) is 7.67. The molecule has 0 unspecified atom stereocenters. The van der Waals surface area contributed by atoms with Crippen molar-refractivity contribution in [1.29, 1.82) is 0 Å². The minimum absolute atomic E-state index is 0.121. The summed E-state index contributed by atoms with van der Waals surface area (Å²) in [4.78, 5) is 22.3. The van der Waals surface area contributed by atoms with Gasteiger partial charge in [0.1, 0.15) is 0 Å². The minimum Gasteiger partial charge on any atom is -0.313 e. The van der Waals surface area contributed by atoms with Crippen molar-refractivity contribution >= 4 is 10.9 Å². The Labute approximate surface area is 80.0 Å². The standard InChI is InChI=1S/C10H9N3O/c14-10-7-4-11-8(6-1-2-6)3-9(7)12-5-13-10/h3-6H,1-2H2,(H,12,13,14). The summed E-state index contributed by atoms with van der Waals surface area (Å²) in [6, 6.07) is 1.92. The van der Waals surface area contributed by atoms with Crippen LogP contribution in [0, 0.1) is 0 Å². The number of rotatable bonds is 1. The number of hydrogen-bond acceptors (Lipinski definition) is 3. The number of nitrogens with zero attached hydrogens (tertiary/aromatic N) is 2. The second kappa shape index (κ2) is 2.64. The monoisotopic (exact) mass is 187 g/mol. The van der Waals surface area contributed by atoms with E-state index >= 15 is 0 Å². The van der Waals surface area contributed by atoms with E-state index in [9.17, 15) is 4.79 Å². The number of aromatic amines is 1. The summed E-state index contributed by atoms with van der Waals surface area (Å²) < 4.78 is 0. The van der Waals surface area contributed by atoms with E-state index in [-0.39, 0.29) is 5.56 Å². The molecular formula is C10H9N3O. The lowest BCUT2D eigenvalue weighted by atomic mass is 10.2. The molecule has 0 spiro atoms. The van der Waals surface area contributed by atoms with Gasteiger partial charge in [-0.15, -0.1) is 0 Å². The number of hydrogen-bond donors (Lipinski definition) is 1. The fraction of sp³-hybridized carbons (Fsp3) is 0.300. The van der Waals surface area contributed by atoms with Gasteiger partial charge in [0.15, 0.2) is 0 Å². The first-order valence-corrected chi connectivity index (χ1v) is 4.68. The number of pyridine rings is 1. The Balaban J connectivity index is 2.28. The molecule has 0 aliphatic heterocycles. The van der Waals surface area contributed by atoms with Crippen molar-refractivity contribution in [3.63, 3.8) is 0 Å². The summed E-state index contributed by atoms with van der Waals surface area (Å²) in [5, 5.41) is 0.567. The zero-order chi connectivity index (χ0) is 9.54. The quantitative estimate of drug-likeness (QED) is 0.729. The van der Waals surface area contributed by atoms with Crippen LogP contribution in [0.15, 0.2) is 23.4 Å². The second-order valence-electron chi connectivity index (χ2n) is 3.63. The Hall–Kier alpha value is -1.71. The average Bonchev–Trinajstić information content (AvgIpc) is 3.01. The van der Waals surface area contributed by atoms with Crippen molar-refractivity contribution in [1.82, 2.24) is 15.0 Å². The van der Waals surface area contributed by atoms with E-state index in [0.29, 0.717) is 11.3 Å². The summed E-state index contributed by atoms with van der Waals surface area (Å²) in [7, 11) is 0. The van der Waals surface area contributed by atoms with Gasteiger partial charge in [-0.25, -0.2) is 4.98 Å². The summed E-state index contributed by atoms with van der Waals surface area (Å²) in [5.41, 5.74) is 1.69. The number of H-pyrrole nitrogens is 1. The molecule has 1 saturated carbocycles. The van der Waals surface area contributed by atoms with Crippen LogP contribution in [-0.4, -0.2) is 15.0 Å². The lowest BCUT2D eigenvalue weighted by Gasteiger charge is -1.98. The van der Waals surface area contributed by atoms with E-state index in [2.05, 4.69) is 15.0 Å². The molecule has 1 fully saturated rings. The Morgan fingerprint density at radius 3 is 3.00 bits per heavy atom. The van der Waals surface area contributed by atoms with Gasteiger partial charge >= 0.3 is 0 Å². The van der Waals surface area contributed by atoms with Gasteiger partial charge < -0.3 is 4.98 Å². The van der Waals surface area contributed by atoms with Crippen LogP contribution < -0.4 is 5.56 Å². The molecule has 2 aromatic heterocycles. The van der Waals surface area contributed by atoms with Gasteiger partial charge in [0.2, 0.25) is 0 Å². The maximum atomic E-state index is 11.3. The van der Waals surface area contributed by atoms with Gasteiger partial charge in [-0.1, -0.05) is 0 Å². The van der Waals surface area contributed by atoms with E-state index in [0.717, 1.165) is 11.2 Å². The van der Waals surface area contributed by atoms with Crippen molar-refractivity contribution in [3.05, 3.63) is 34.6 Å². The van der Waals surface area contributed by atoms with Gasteiger partial charge in [-0.3, -0.25) is 9.78 Å². The molecule has 14 heavy (non-hydrogen) atoms. The van der Waals surface area contributed by atoms with E-state index in [1.54, 1.807) is 6.20 Å². The van der Waals surface area contributed by atoms with Crippen molar-refractivity contribution in [2.24, 2.45) is 0 Å². The van der Waals surface area contributed by atoms with Gasteiger partial charge in [0, 0.05) is 17.8 Å². The lowest BCUT2D eigenvalue weighted by molar-refractivity contribution is 1.02. The molecule has 0 amide bonds. The lowest BCUT2D eigenvalue weighted by Crippen LogP contribution is -2.07.